The summed E-state index contributed by atoms with van der Waals surface area (Å²) in [4.78, 5) is 0. The summed E-state index contributed by atoms with van der Waals surface area (Å²) in [5.41, 5.74) is 8.20. The molecule has 0 saturated heterocycles. The van der Waals surface area contributed by atoms with E-state index in [2.05, 4.69) is 6.07 Å². The SMILES string of the molecule is NCC1Cc2c(Cl)cccc21. The van der Waals surface area contributed by atoms with Gasteiger partial charge in [-0.1, -0.05) is 23.7 Å². The smallest absolute Gasteiger partial charge is 0.0441 e. The minimum Gasteiger partial charge on any atom is -0.330 e. The highest BCUT2D eigenvalue weighted by Crippen LogP contribution is 2.38. The fourth-order valence-corrected chi connectivity index (χ4v) is 1.87. The van der Waals surface area contributed by atoms with Crippen molar-refractivity contribution in [3.05, 3.63) is 34.3 Å². The molecule has 1 aromatic rings. The van der Waals surface area contributed by atoms with Crippen molar-refractivity contribution in [3.63, 3.8) is 0 Å². The van der Waals surface area contributed by atoms with Gasteiger partial charge in [0, 0.05) is 10.9 Å². The van der Waals surface area contributed by atoms with Crippen molar-refractivity contribution in [2.24, 2.45) is 5.73 Å². The number of rotatable bonds is 1. The molecule has 2 rings (SSSR count). The molecule has 58 valence electrons. The molecule has 11 heavy (non-hydrogen) atoms. The lowest BCUT2D eigenvalue weighted by Crippen LogP contribution is -2.24. The van der Waals surface area contributed by atoms with E-state index in [9.17, 15) is 0 Å². The minimum atomic E-state index is 0.559. The topological polar surface area (TPSA) is 26.0 Å². The van der Waals surface area contributed by atoms with Crippen LogP contribution in [0.1, 0.15) is 17.0 Å². The van der Waals surface area contributed by atoms with Gasteiger partial charge in [0.15, 0.2) is 0 Å². The van der Waals surface area contributed by atoms with E-state index in [1.54, 1.807) is 0 Å². The van der Waals surface area contributed by atoms with Crippen molar-refractivity contribution in [1.82, 2.24) is 0 Å². The molecule has 0 bridgehead atoms. The van der Waals surface area contributed by atoms with Crippen molar-refractivity contribution >= 4 is 11.6 Å². The van der Waals surface area contributed by atoms with Gasteiger partial charge in [0.05, 0.1) is 0 Å². The minimum absolute atomic E-state index is 0.559. The second-order valence-electron chi connectivity index (χ2n) is 2.94. The number of hydrogen-bond acceptors (Lipinski definition) is 1. The molecule has 0 saturated carbocycles. The van der Waals surface area contributed by atoms with Gasteiger partial charge in [-0.2, -0.15) is 0 Å². The van der Waals surface area contributed by atoms with Gasteiger partial charge in [-0.25, -0.2) is 0 Å². The number of benzene rings is 1. The number of halogens is 1. The predicted octanol–water partition coefficient (Wildman–Crippen LogP) is 1.94. The first kappa shape index (κ1) is 7.14. The van der Waals surface area contributed by atoms with Crippen LogP contribution < -0.4 is 5.73 Å². The van der Waals surface area contributed by atoms with Crippen molar-refractivity contribution in [2.75, 3.05) is 6.54 Å². The summed E-state index contributed by atoms with van der Waals surface area (Å²) in [5, 5.41) is 0.896. The first-order valence-corrected chi connectivity index (χ1v) is 4.18. The van der Waals surface area contributed by atoms with E-state index < -0.39 is 0 Å². The lowest BCUT2D eigenvalue weighted by atomic mass is 9.78. The molecule has 0 heterocycles. The first-order valence-electron chi connectivity index (χ1n) is 3.80. The molecular weight excluding hydrogens is 158 g/mol. The molecule has 1 nitrogen and oxygen atoms in total. The number of nitrogens with two attached hydrogens (primary N) is 1. The van der Waals surface area contributed by atoms with Gasteiger partial charge >= 0.3 is 0 Å². The Morgan fingerprint density at radius 3 is 3.09 bits per heavy atom. The number of fused-ring (bicyclic) bond motifs is 1. The van der Waals surface area contributed by atoms with Crippen molar-refractivity contribution in [2.45, 2.75) is 12.3 Å². The summed E-state index contributed by atoms with van der Waals surface area (Å²) in [6, 6.07) is 6.04. The molecule has 0 spiro atoms. The summed E-state index contributed by atoms with van der Waals surface area (Å²) in [7, 11) is 0. The molecule has 1 unspecified atom stereocenters. The fourth-order valence-electron chi connectivity index (χ4n) is 1.61. The maximum atomic E-state index is 5.95. The van der Waals surface area contributed by atoms with E-state index in [1.165, 1.54) is 11.1 Å². The van der Waals surface area contributed by atoms with Gasteiger partial charge in [-0.15, -0.1) is 0 Å². The van der Waals surface area contributed by atoms with Gasteiger partial charge in [0.25, 0.3) is 0 Å². The van der Waals surface area contributed by atoms with Crippen LogP contribution in [-0.2, 0) is 6.42 Å². The second-order valence-corrected chi connectivity index (χ2v) is 3.35. The van der Waals surface area contributed by atoms with Crippen LogP contribution in [0.3, 0.4) is 0 Å². The molecule has 0 radical (unpaired) electrons. The Morgan fingerprint density at radius 1 is 1.55 bits per heavy atom. The van der Waals surface area contributed by atoms with Crippen LogP contribution >= 0.6 is 11.6 Å². The van der Waals surface area contributed by atoms with Crippen LogP contribution in [0.25, 0.3) is 0 Å². The monoisotopic (exact) mass is 167 g/mol. The molecule has 0 amide bonds. The lowest BCUT2D eigenvalue weighted by Gasteiger charge is -2.29. The van der Waals surface area contributed by atoms with Crippen molar-refractivity contribution in [3.8, 4) is 0 Å². The van der Waals surface area contributed by atoms with E-state index in [4.69, 9.17) is 17.3 Å². The van der Waals surface area contributed by atoms with Crippen molar-refractivity contribution < 1.29 is 0 Å². The summed E-state index contributed by atoms with van der Waals surface area (Å²) in [6.45, 7) is 0.743. The molecular formula is C9H10ClN. The molecule has 2 heteroatoms. The Labute approximate surface area is 71.2 Å². The Balaban J connectivity index is 2.41. The normalized spacial score (nSPS) is 20.7. The summed E-state index contributed by atoms with van der Waals surface area (Å²) in [6.07, 6.45) is 1.06. The third-order valence-corrected chi connectivity index (χ3v) is 2.68. The van der Waals surface area contributed by atoms with E-state index in [1.807, 2.05) is 12.1 Å². The predicted molar refractivity (Wildman–Crippen MR) is 47.0 cm³/mol. The lowest BCUT2D eigenvalue weighted by molar-refractivity contribution is 0.618. The van der Waals surface area contributed by atoms with Crippen LogP contribution in [0.2, 0.25) is 5.02 Å². The maximum Gasteiger partial charge on any atom is 0.0441 e. The van der Waals surface area contributed by atoms with E-state index in [0.717, 1.165) is 18.0 Å². The Morgan fingerprint density at radius 2 is 2.36 bits per heavy atom. The van der Waals surface area contributed by atoms with Crippen LogP contribution in [-0.4, -0.2) is 6.54 Å². The Hall–Kier alpha value is -0.530. The average Bonchev–Trinajstić information content (AvgIpc) is 1.95. The fraction of sp³-hybridized carbons (Fsp3) is 0.333. The van der Waals surface area contributed by atoms with E-state index in [0.29, 0.717) is 5.92 Å². The highest BCUT2D eigenvalue weighted by molar-refractivity contribution is 6.31. The molecule has 0 aromatic heterocycles. The highest BCUT2D eigenvalue weighted by atomic mass is 35.5. The first-order chi connectivity index (χ1) is 5.33. The Bertz CT molecular complexity index is 283. The molecule has 1 aliphatic rings. The van der Waals surface area contributed by atoms with Gasteiger partial charge < -0.3 is 5.73 Å². The van der Waals surface area contributed by atoms with E-state index >= 15 is 0 Å². The van der Waals surface area contributed by atoms with Crippen LogP contribution in [0.5, 0.6) is 0 Å². The second kappa shape index (κ2) is 2.50. The van der Waals surface area contributed by atoms with Crippen LogP contribution in [0.4, 0.5) is 0 Å². The van der Waals surface area contributed by atoms with Gasteiger partial charge in [-0.05, 0) is 30.2 Å². The highest BCUT2D eigenvalue weighted by Gasteiger charge is 2.26. The van der Waals surface area contributed by atoms with Crippen LogP contribution in [0.15, 0.2) is 18.2 Å². The third kappa shape index (κ3) is 0.959. The zero-order valence-electron chi connectivity index (χ0n) is 6.18. The molecule has 1 aliphatic carbocycles. The van der Waals surface area contributed by atoms with E-state index in [-0.39, 0.29) is 0 Å². The Kier molecular flexibility index (Phi) is 1.63. The summed E-state index contributed by atoms with van der Waals surface area (Å²) in [5.74, 6) is 0.559. The van der Waals surface area contributed by atoms with Gasteiger partial charge in [-0.3, -0.25) is 0 Å². The molecule has 0 aliphatic heterocycles. The molecule has 2 N–H and O–H groups in total. The maximum absolute atomic E-state index is 5.95. The quantitative estimate of drug-likeness (QED) is 0.680. The summed E-state index contributed by atoms with van der Waals surface area (Å²) >= 11 is 5.95. The van der Waals surface area contributed by atoms with Gasteiger partial charge in [0.1, 0.15) is 0 Å². The average molecular weight is 168 g/mol. The van der Waals surface area contributed by atoms with Crippen LogP contribution in [0, 0.1) is 0 Å². The molecule has 1 aromatic carbocycles. The third-order valence-electron chi connectivity index (χ3n) is 2.33. The molecule has 1 atom stereocenters. The van der Waals surface area contributed by atoms with Crippen molar-refractivity contribution in [1.29, 1.82) is 0 Å². The standard InChI is InChI=1S/C9H10ClN/c10-9-3-1-2-7-6(5-11)4-8(7)9/h1-3,6H,4-5,11H2. The molecule has 0 fully saturated rings. The largest absolute Gasteiger partial charge is 0.330 e. The number of hydrogen-bond donors (Lipinski definition) is 1. The van der Waals surface area contributed by atoms with Gasteiger partial charge in [0.2, 0.25) is 0 Å². The summed E-state index contributed by atoms with van der Waals surface area (Å²) < 4.78 is 0. The zero-order valence-corrected chi connectivity index (χ0v) is 6.93. The zero-order chi connectivity index (χ0) is 7.84.